The molecule has 12 atom stereocenters. The molecule has 4 fully saturated rings. The van der Waals surface area contributed by atoms with Gasteiger partial charge < -0.3 is 41.4 Å². The Bertz CT molecular complexity index is 3550. The van der Waals surface area contributed by atoms with Crippen LogP contribution in [0.25, 0.3) is 0 Å². The van der Waals surface area contributed by atoms with Crippen molar-refractivity contribution in [3.05, 3.63) is 48.6 Å². The van der Waals surface area contributed by atoms with Crippen LogP contribution in [0.1, 0.15) is 182 Å². The first-order valence-electron chi connectivity index (χ1n) is 36.2. The van der Waals surface area contributed by atoms with Crippen LogP contribution in [-0.2, 0) is 125 Å². The van der Waals surface area contributed by atoms with Gasteiger partial charge in [0.25, 0.3) is 0 Å². The van der Waals surface area contributed by atoms with E-state index < -0.39 is 150 Å². The van der Waals surface area contributed by atoms with Crippen LogP contribution in [0.2, 0.25) is 0 Å². The van der Waals surface area contributed by atoms with E-state index in [1.807, 2.05) is 62.5 Å². The van der Waals surface area contributed by atoms with Gasteiger partial charge in [0, 0.05) is 45.2 Å². The quantitative estimate of drug-likeness (QED) is 0.00905. The average Bonchev–Trinajstić information content (AvgIpc) is 1.61. The number of hydrogen-bond donors (Lipinski definition) is 10. The lowest BCUT2D eigenvalue weighted by Gasteiger charge is -2.32. The lowest BCUT2D eigenvalue weighted by Crippen LogP contribution is -2.35. The van der Waals surface area contributed by atoms with Crippen molar-refractivity contribution in [1.29, 1.82) is 0 Å². The molecule has 110 heavy (non-hydrogen) atoms. The highest BCUT2D eigenvalue weighted by atomic mass is 32.3. The number of fused-ring (bicyclic) bond motifs is 2. The van der Waals surface area contributed by atoms with Crippen molar-refractivity contribution in [2.24, 2.45) is 82.5 Å². The number of ether oxygens (including phenoxy) is 2. The molecule has 0 spiro atoms. The Morgan fingerprint density at radius 3 is 1.13 bits per heavy atom. The number of carboxylic acids is 4. The van der Waals surface area contributed by atoms with Gasteiger partial charge in [-0.1, -0.05) is 115 Å². The van der Waals surface area contributed by atoms with Crippen LogP contribution in [0, 0.1) is 71.0 Å². The van der Waals surface area contributed by atoms with Gasteiger partial charge in [0.1, 0.15) is 0 Å². The first kappa shape index (κ1) is 101. The van der Waals surface area contributed by atoms with Crippen molar-refractivity contribution in [3.8, 4) is 0 Å². The van der Waals surface area contributed by atoms with Gasteiger partial charge in [0.05, 0.1) is 81.4 Å². The summed E-state index contributed by atoms with van der Waals surface area (Å²) in [5.41, 5.74) is 9.67. The number of likely N-dealkylation sites (tertiary alicyclic amines) is 2. The summed E-state index contributed by atoms with van der Waals surface area (Å²) in [6, 6.07) is 0. The standard InChI is InChI=1S/C17H25NO8S.C17H27NO8S.C15H20O5.C15H22O5.2C2H7NO4S/c1-2-4-11-7-8-12(5-3-6-13(19)20)15-14(11)16(21)18(17(15)22)9-10-26-27(23,24)25;1-2-3-4-5-7-13(8-6-9-16(20)21)14-12-15(19)18(17(14)22)10-11-26-27(23,24)25;1-2-4-9-7-8-10(5-3-6-11(16)17)13-12(9)14(18)20-15(13)19;1-2-3-4-5-7-11(8-6-9-13(16)17)12-10-14(18)20-15(12)19;2*3-1-2-7-8(4,5)6/h7-8,11-12,14-15H,2-6,9-10H2,1H3,(H,19,20)(H,23,24,25);5,7,13-14H,2-4,6,8-12H2,1H3,(H,20,21)(H,23,24,25);7-10,12-13H,2-6H2,1H3,(H,16,17);5,7,11-12H,2-4,6,8-10H2,1H3,(H,16,17);2*1-3H2,(H,4,5,6)/b;7-5-;;7-5-;;. The zero-order chi connectivity index (χ0) is 83.5. The maximum atomic E-state index is 12.9. The number of nitrogens with two attached hydrogens (primary N) is 2. The highest BCUT2D eigenvalue weighted by Crippen LogP contribution is 2.46. The number of cyclic esters (lactones) is 4. The molecule has 6 rings (SSSR count). The van der Waals surface area contributed by atoms with Crippen molar-refractivity contribution in [3.63, 3.8) is 0 Å². The van der Waals surface area contributed by atoms with E-state index in [1.54, 1.807) is 0 Å². The third-order valence-electron chi connectivity index (χ3n) is 17.9. The molecule has 628 valence electrons. The van der Waals surface area contributed by atoms with Gasteiger partial charge in [0.15, 0.2) is 0 Å². The van der Waals surface area contributed by atoms with E-state index in [-0.39, 0.29) is 125 Å². The minimum atomic E-state index is -4.64. The molecule has 0 bridgehead atoms. The van der Waals surface area contributed by atoms with E-state index in [0.29, 0.717) is 51.4 Å². The van der Waals surface area contributed by atoms with Crippen molar-refractivity contribution in [2.75, 3.05) is 52.6 Å². The molecule has 0 aromatic carbocycles. The van der Waals surface area contributed by atoms with Gasteiger partial charge in [-0.15, -0.1) is 0 Å². The van der Waals surface area contributed by atoms with Gasteiger partial charge in [-0.3, -0.25) is 85.5 Å². The fourth-order valence-electron chi connectivity index (χ4n) is 13.0. The minimum Gasteiger partial charge on any atom is -0.481 e. The molecule has 0 aromatic heterocycles. The van der Waals surface area contributed by atoms with Crippen LogP contribution >= 0.6 is 0 Å². The van der Waals surface area contributed by atoms with E-state index >= 15 is 0 Å². The summed E-state index contributed by atoms with van der Waals surface area (Å²) in [5.74, 6) is -10.6. The second-order valence-corrected chi connectivity index (χ2v) is 30.5. The van der Waals surface area contributed by atoms with Crippen LogP contribution in [0.5, 0.6) is 0 Å². The molecule has 0 aromatic rings. The molecule has 2 aliphatic carbocycles. The maximum Gasteiger partial charge on any atom is 0.397 e. The summed E-state index contributed by atoms with van der Waals surface area (Å²) < 4.78 is 139. The normalized spacial score (nSPS) is 22.8. The first-order chi connectivity index (χ1) is 51.5. The smallest absolute Gasteiger partial charge is 0.397 e. The van der Waals surface area contributed by atoms with Gasteiger partial charge >= 0.3 is 89.4 Å². The maximum absolute atomic E-state index is 12.9. The SMILES string of the molecule is CCCC/C=C\C(CCCC(=O)O)C1CC(=O)N(CCOS(=O)(=O)O)C1=O.CCCC/C=C\C(CCCC(=O)O)C1CC(=O)OC1=O.CCCC1C=CC(CCCC(=O)O)C2C(=O)N(CCOS(=O)(=O)O)C(=O)C12.CCCC1C=CC(CCCC(=O)O)C2C(=O)OC(=O)C12.NCCOS(=O)(=O)O.NCCOS(=O)(=O)O. The van der Waals surface area contributed by atoms with E-state index in [1.165, 1.54) is 0 Å². The number of carboxylic acid groups (broad SMARTS) is 4. The Hall–Kier alpha value is -7.20. The second-order valence-electron chi connectivity index (χ2n) is 26.2. The van der Waals surface area contributed by atoms with E-state index in [4.69, 9.17) is 54.8 Å². The number of carbonyl (C=O) groups excluding carboxylic acids is 8. The molecule has 4 aliphatic heterocycles. The summed E-state index contributed by atoms with van der Waals surface area (Å²) in [7, 11) is -17.8. The number of nitrogens with zero attached hydrogens (tertiary/aromatic N) is 2. The topological polar surface area (TPSA) is 617 Å². The molecule has 4 saturated heterocycles. The lowest BCUT2D eigenvalue weighted by atomic mass is 9.69. The van der Waals surface area contributed by atoms with Crippen molar-refractivity contribution >= 4 is 113 Å². The molecule has 42 heteroatoms. The fraction of sp³-hybridized carbons (Fsp3) is 0.706. The summed E-state index contributed by atoms with van der Waals surface area (Å²) in [6.07, 6.45) is 29.2. The monoisotopic (exact) mass is 1650 g/mol. The van der Waals surface area contributed by atoms with Gasteiger partial charge in [-0.05, 0) is 113 Å². The van der Waals surface area contributed by atoms with Crippen LogP contribution in [0.15, 0.2) is 48.6 Å². The number of carbonyl (C=O) groups is 12. The second kappa shape index (κ2) is 52.2. The molecule has 38 nitrogen and oxygen atoms in total. The molecule has 4 amide bonds. The predicted molar refractivity (Wildman–Crippen MR) is 386 cm³/mol. The number of unbranched alkanes of at least 4 members (excludes halogenated alkanes) is 4. The summed E-state index contributed by atoms with van der Waals surface area (Å²) in [4.78, 5) is 141. The molecule has 4 heterocycles. The Morgan fingerprint density at radius 2 is 0.791 bits per heavy atom. The number of allylic oxidation sites excluding steroid dienone is 8. The Balaban J connectivity index is 0.000000691. The first-order valence-corrected chi connectivity index (χ1v) is 41.6. The lowest BCUT2D eigenvalue weighted by molar-refractivity contribution is -0.155. The Morgan fingerprint density at radius 1 is 0.445 bits per heavy atom. The van der Waals surface area contributed by atoms with E-state index in [9.17, 15) is 91.2 Å². The van der Waals surface area contributed by atoms with Crippen LogP contribution in [0.4, 0.5) is 0 Å². The van der Waals surface area contributed by atoms with Gasteiger partial charge in [-0.25, -0.2) is 16.7 Å². The van der Waals surface area contributed by atoms with Crippen LogP contribution in [0.3, 0.4) is 0 Å². The van der Waals surface area contributed by atoms with Crippen molar-refractivity contribution in [2.45, 2.75) is 182 Å². The Labute approximate surface area is 641 Å². The highest BCUT2D eigenvalue weighted by molar-refractivity contribution is 7.81. The Kier molecular flexibility index (Phi) is 47.8. The molecule has 0 radical (unpaired) electrons. The summed E-state index contributed by atoms with van der Waals surface area (Å²) in [5, 5.41) is 35.0. The molecule has 0 saturated carbocycles. The molecule has 12 N–H and O–H groups in total. The third kappa shape index (κ3) is 40.8. The molecular weight excluding hydrogens is 1550 g/mol. The largest absolute Gasteiger partial charge is 0.481 e. The zero-order valence-corrected chi connectivity index (χ0v) is 65.3. The predicted octanol–water partition coefficient (Wildman–Crippen LogP) is 5.44. The highest BCUT2D eigenvalue weighted by Gasteiger charge is 2.54. The molecular formula is C68H108N4O34S4. The number of hydrogen-bond acceptors (Lipinski definition) is 28. The summed E-state index contributed by atoms with van der Waals surface area (Å²) in [6.45, 7) is 6.42. The number of amides is 4. The number of imide groups is 2. The molecule has 6 aliphatic rings. The van der Waals surface area contributed by atoms with E-state index in [0.717, 1.165) is 74.0 Å². The van der Waals surface area contributed by atoms with Crippen LogP contribution in [-0.4, -0.2) is 206 Å². The average molecular weight is 1650 g/mol. The summed E-state index contributed by atoms with van der Waals surface area (Å²) >= 11 is 0. The zero-order valence-electron chi connectivity index (χ0n) is 62.0. The number of aliphatic carboxylic acids is 4. The number of rotatable bonds is 44. The van der Waals surface area contributed by atoms with E-state index in [2.05, 4.69) is 35.3 Å². The van der Waals surface area contributed by atoms with Gasteiger partial charge in [0.2, 0.25) is 23.6 Å². The number of esters is 4. The minimum absolute atomic E-state index is 0.00579. The fourth-order valence-corrected chi connectivity index (χ4v) is 14.2. The molecule has 12 unspecified atom stereocenters. The third-order valence-corrected chi connectivity index (χ3v) is 19.7. The van der Waals surface area contributed by atoms with Crippen molar-refractivity contribution in [1.82, 2.24) is 9.80 Å². The van der Waals surface area contributed by atoms with Crippen LogP contribution < -0.4 is 11.5 Å². The van der Waals surface area contributed by atoms with Gasteiger partial charge in [-0.2, -0.15) is 33.7 Å². The van der Waals surface area contributed by atoms with Crippen molar-refractivity contribution < 1.29 is 156 Å².